The minimum Gasteiger partial charge on any atom is -0.444 e. The van der Waals surface area contributed by atoms with Crippen molar-refractivity contribution in [2.45, 2.75) is 57.1 Å². The average Bonchev–Trinajstić information content (AvgIpc) is 3.44. The summed E-state index contributed by atoms with van der Waals surface area (Å²) in [6.07, 6.45) is 0.851. The van der Waals surface area contributed by atoms with E-state index in [1.54, 1.807) is 20.8 Å². The minimum atomic E-state index is -3.94. The zero-order chi connectivity index (χ0) is 27.0. The smallest absolute Gasteiger partial charge is 0.444 e. The fraction of sp³-hybridized carbons (Fsp3) is 0.458. The number of nitrogens with zero attached hydrogens (tertiary/aromatic N) is 1. The fourth-order valence-electron chi connectivity index (χ4n) is 4.11. The van der Waals surface area contributed by atoms with Gasteiger partial charge in [0.2, 0.25) is 10.0 Å². The van der Waals surface area contributed by atoms with Crippen LogP contribution < -0.4 is 15.6 Å². The lowest BCUT2D eigenvalue weighted by atomic mass is 10.1. The summed E-state index contributed by atoms with van der Waals surface area (Å²) in [6.45, 7) is 7.55. The van der Waals surface area contributed by atoms with Gasteiger partial charge in [-0.15, -0.1) is 0 Å². The van der Waals surface area contributed by atoms with Crippen LogP contribution in [-0.4, -0.2) is 66.3 Å². The van der Waals surface area contributed by atoms with E-state index >= 15 is 0 Å². The van der Waals surface area contributed by atoms with Crippen LogP contribution in [-0.2, 0) is 19.5 Å². The molecule has 4 rings (SSSR count). The number of rotatable bonds is 6. The number of aromatic nitrogens is 2. The number of ether oxygens (including phenoxy) is 3. The second kappa shape index (κ2) is 10.1. The molecule has 2 aromatic heterocycles. The Balaban J connectivity index is 1.63. The summed E-state index contributed by atoms with van der Waals surface area (Å²) in [6, 6.07) is 3.92. The molecule has 12 nitrogen and oxygen atoms in total. The summed E-state index contributed by atoms with van der Waals surface area (Å²) >= 11 is 0. The van der Waals surface area contributed by atoms with Crippen molar-refractivity contribution in [2.75, 3.05) is 19.7 Å². The Labute approximate surface area is 213 Å². The number of nitrogens with one attached hydrogen (secondary N) is 3. The van der Waals surface area contributed by atoms with Gasteiger partial charge in [-0.3, -0.25) is 4.79 Å². The molecule has 1 saturated heterocycles. The number of hydrogen-bond acceptors (Lipinski definition) is 8. The van der Waals surface area contributed by atoms with Gasteiger partial charge in [0.1, 0.15) is 11.1 Å². The first-order chi connectivity index (χ1) is 17.4. The average molecular weight is 535 g/mol. The van der Waals surface area contributed by atoms with Gasteiger partial charge in [-0.05, 0) is 51.8 Å². The summed E-state index contributed by atoms with van der Waals surface area (Å²) in [4.78, 5) is 42.1. The number of alkyl carbamates (subject to hydrolysis) is 1. The van der Waals surface area contributed by atoms with Crippen LogP contribution in [0.3, 0.4) is 0 Å². The fourth-order valence-corrected chi connectivity index (χ4v) is 5.64. The number of hydrogen-bond donors (Lipinski definition) is 3. The van der Waals surface area contributed by atoms with Crippen molar-refractivity contribution in [3.8, 4) is 5.75 Å². The summed E-state index contributed by atoms with van der Waals surface area (Å²) in [5, 5.41) is 3.35. The maximum absolute atomic E-state index is 13.5. The lowest BCUT2D eigenvalue weighted by Crippen LogP contribution is -2.41. The Morgan fingerprint density at radius 2 is 2.00 bits per heavy atom. The quantitative estimate of drug-likeness (QED) is 0.406. The highest BCUT2D eigenvalue weighted by Gasteiger charge is 2.34. The third-order valence-electron chi connectivity index (χ3n) is 5.71. The van der Waals surface area contributed by atoms with Gasteiger partial charge < -0.3 is 29.5 Å². The standard InChI is InChI=1S/C24H30N4O8S/c1-5-10-34-23(31)35-18-12-25-20-19(18)16-11-15(6-7-17(16)27-21(20)29)37(32,33)28-9-8-14(13-28)26-22(30)36-24(2,3)4/h6-7,11-12,14,25H,5,8-10,13H2,1-4H3,(H,26,30)(H,27,29)/t14-/m0/s1. The largest absolute Gasteiger partial charge is 0.513 e. The van der Waals surface area contributed by atoms with E-state index in [4.69, 9.17) is 14.2 Å². The van der Waals surface area contributed by atoms with Gasteiger partial charge in [0.05, 0.1) is 16.9 Å². The normalized spacial score (nSPS) is 16.7. The van der Waals surface area contributed by atoms with Crippen LogP contribution in [0.25, 0.3) is 21.8 Å². The van der Waals surface area contributed by atoms with E-state index in [1.807, 2.05) is 6.92 Å². The lowest BCUT2D eigenvalue weighted by molar-refractivity contribution is 0.0507. The Hall–Kier alpha value is -3.58. The molecule has 1 amide bonds. The van der Waals surface area contributed by atoms with Gasteiger partial charge in [0, 0.05) is 36.2 Å². The van der Waals surface area contributed by atoms with E-state index in [1.165, 1.54) is 28.7 Å². The molecule has 3 N–H and O–H groups in total. The van der Waals surface area contributed by atoms with Crippen LogP contribution in [0.1, 0.15) is 40.5 Å². The van der Waals surface area contributed by atoms with Crippen molar-refractivity contribution in [2.24, 2.45) is 0 Å². The number of sulfonamides is 1. The van der Waals surface area contributed by atoms with Crippen molar-refractivity contribution in [1.29, 1.82) is 0 Å². The molecule has 0 saturated carbocycles. The maximum atomic E-state index is 13.5. The first kappa shape index (κ1) is 26.5. The maximum Gasteiger partial charge on any atom is 0.513 e. The molecule has 0 spiro atoms. The topological polar surface area (TPSA) is 160 Å². The van der Waals surface area contributed by atoms with Crippen LogP contribution in [0.5, 0.6) is 5.75 Å². The van der Waals surface area contributed by atoms with E-state index in [-0.39, 0.29) is 41.2 Å². The summed E-state index contributed by atoms with van der Waals surface area (Å²) in [5.74, 6) is 0.0459. The SMILES string of the molecule is CCCOC(=O)Oc1c[nH]c2c(=O)[nH]c3ccc(S(=O)(=O)N4CC[C@H](NC(=O)OC(C)(C)C)C4)cc3c12. The van der Waals surface area contributed by atoms with Crippen molar-refractivity contribution < 1.29 is 32.2 Å². The Kier molecular flexibility index (Phi) is 7.20. The first-order valence-corrected chi connectivity index (χ1v) is 13.3. The first-order valence-electron chi connectivity index (χ1n) is 11.9. The Bertz CT molecular complexity index is 1500. The number of aromatic amines is 2. The number of carbonyl (C=O) groups is 2. The van der Waals surface area contributed by atoms with E-state index in [0.717, 1.165) is 0 Å². The minimum absolute atomic E-state index is 0.00743. The molecule has 0 aliphatic carbocycles. The summed E-state index contributed by atoms with van der Waals surface area (Å²) in [7, 11) is -3.94. The van der Waals surface area contributed by atoms with Gasteiger partial charge in [0.25, 0.3) is 5.56 Å². The van der Waals surface area contributed by atoms with Crippen LogP contribution in [0.15, 0.2) is 34.1 Å². The Morgan fingerprint density at radius 3 is 2.70 bits per heavy atom. The second-order valence-electron chi connectivity index (χ2n) is 9.76. The predicted octanol–water partition coefficient (Wildman–Crippen LogP) is 3.22. The van der Waals surface area contributed by atoms with Gasteiger partial charge in [-0.2, -0.15) is 4.31 Å². The third-order valence-corrected chi connectivity index (χ3v) is 7.57. The summed E-state index contributed by atoms with van der Waals surface area (Å²) < 4.78 is 43.7. The van der Waals surface area contributed by atoms with E-state index in [2.05, 4.69) is 15.3 Å². The van der Waals surface area contributed by atoms with Crippen LogP contribution in [0, 0.1) is 0 Å². The molecule has 0 bridgehead atoms. The zero-order valence-corrected chi connectivity index (χ0v) is 21.9. The van der Waals surface area contributed by atoms with Gasteiger partial charge >= 0.3 is 12.2 Å². The highest BCUT2D eigenvalue weighted by molar-refractivity contribution is 7.89. The van der Waals surface area contributed by atoms with Crippen molar-refractivity contribution in [3.05, 3.63) is 34.7 Å². The molecule has 3 aromatic rings. The number of benzene rings is 1. The van der Waals surface area contributed by atoms with Crippen LogP contribution in [0.2, 0.25) is 0 Å². The molecule has 3 heterocycles. The molecule has 0 unspecified atom stereocenters. The highest BCUT2D eigenvalue weighted by atomic mass is 32.2. The summed E-state index contributed by atoms with van der Waals surface area (Å²) in [5.41, 5.74) is -0.623. The molecule has 1 atom stereocenters. The molecule has 1 aliphatic heterocycles. The number of amides is 1. The van der Waals surface area contributed by atoms with Crippen molar-refractivity contribution >= 4 is 44.1 Å². The molecule has 1 aromatic carbocycles. The van der Waals surface area contributed by atoms with Crippen LogP contribution >= 0.6 is 0 Å². The van der Waals surface area contributed by atoms with E-state index in [0.29, 0.717) is 23.7 Å². The molecular weight excluding hydrogens is 504 g/mol. The lowest BCUT2D eigenvalue weighted by Gasteiger charge is -2.22. The predicted molar refractivity (Wildman–Crippen MR) is 135 cm³/mol. The molecule has 0 radical (unpaired) electrons. The molecule has 1 aliphatic rings. The number of carbonyl (C=O) groups excluding carboxylic acids is 2. The van der Waals surface area contributed by atoms with E-state index in [9.17, 15) is 22.8 Å². The molecular formula is C24H30N4O8S. The monoisotopic (exact) mass is 534 g/mol. The number of pyridine rings is 1. The van der Waals surface area contributed by atoms with Crippen molar-refractivity contribution in [3.63, 3.8) is 0 Å². The molecule has 37 heavy (non-hydrogen) atoms. The van der Waals surface area contributed by atoms with E-state index < -0.39 is 39.5 Å². The number of H-pyrrole nitrogens is 2. The molecule has 13 heteroatoms. The second-order valence-corrected chi connectivity index (χ2v) is 11.7. The van der Waals surface area contributed by atoms with Crippen molar-refractivity contribution in [1.82, 2.24) is 19.6 Å². The molecule has 1 fully saturated rings. The third kappa shape index (κ3) is 5.72. The molecule has 200 valence electrons. The Morgan fingerprint density at radius 1 is 1.24 bits per heavy atom. The van der Waals surface area contributed by atoms with Crippen LogP contribution in [0.4, 0.5) is 9.59 Å². The van der Waals surface area contributed by atoms with Gasteiger partial charge in [-0.1, -0.05) is 6.92 Å². The highest BCUT2D eigenvalue weighted by Crippen LogP contribution is 2.33. The number of fused-ring (bicyclic) bond motifs is 3. The van der Waals surface area contributed by atoms with Gasteiger partial charge in [0.15, 0.2) is 5.75 Å². The van der Waals surface area contributed by atoms with Gasteiger partial charge in [-0.25, -0.2) is 18.0 Å². The zero-order valence-electron chi connectivity index (χ0n) is 21.0.